The van der Waals surface area contributed by atoms with Crippen LogP contribution in [-0.4, -0.2) is 20.1 Å². The van der Waals surface area contributed by atoms with E-state index in [0.717, 1.165) is 33.2 Å². The van der Waals surface area contributed by atoms with Crippen molar-refractivity contribution in [2.45, 2.75) is 13.8 Å². The standard InChI is InChI=1S/C21H21NO3/c1-13-5-7-15(8-6-13)18-12-25-20-11-19(24-4)16(10-17(18)20)14(2)9-21(23)22-3/h5-12H,1-4H3,(H,22,23)/b14-9+. The van der Waals surface area contributed by atoms with Crippen molar-refractivity contribution in [3.8, 4) is 16.9 Å². The highest BCUT2D eigenvalue weighted by molar-refractivity contribution is 6.00. The molecule has 3 rings (SSSR count). The molecule has 128 valence electrons. The van der Waals surface area contributed by atoms with E-state index in [2.05, 4.69) is 36.5 Å². The molecule has 1 aromatic heterocycles. The maximum absolute atomic E-state index is 11.7. The van der Waals surface area contributed by atoms with Crippen molar-refractivity contribution >= 4 is 22.4 Å². The average molecular weight is 335 g/mol. The van der Waals surface area contributed by atoms with Crippen molar-refractivity contribution < 1.29 is 13.9 Å². The van der Waals surface area contributed by atoms with Crippen LogP contribution in [0, 0.1) is 6.92 Å². The number of fused-ring (bicyclic) bond motifs is 1. The summed E-state index contributed by atoms with van der Waals surface area (Å²) in [6.45, 7) is 3.96. The van der Waals surface area contributed by atoms with Gasteiger partial charge in [-0.05, 0) is 31.1 Å². The number of hydrogen-bond donors (Lipinski definition) is 1. The zero-order valence-electron chi connectivity index (χ0n) is 14.8. The average Bonchev–Trinajstić information content (AvgIpc) is 3.03. The number of carbonyl (C=O) groups is 1. The zero-order valence-corrected chi connectivity index (χ0v) is 14.8. The number of methoxy groups -OCH3 is 1. The highest BCUT2D eigenvalue weighted by atomic mass is 16.5. The number of likely N-dealkylation sites (N-methyl/N-ethyl adjacent to an activating group) is 1. The fraction of sp³-hybridized carbons (Fsp3) is 0.190. The number of benzene rings is 2. The molecular formula is C21H21NO3. The number of rotatable bonds is 4. The molecular weight excluding hydrogens is 314 g/mol. The molecule has 4 nitrogen and oxygen atoms in total. The first-order valence-corrected chi connectivity index (χ1v) is 8.10. The summed E-state index contributed by atoms with van der Waals surface area (Å²) in [5, 5.41) is 3.59. The Morgan fingerprint density at radius 2 is 1.92 bits per heavy atom. The molecule has 1 heterocycles. The number of hydrogen-bond acceptors (Lipinski definition) is 3. The van der Waals surface area contributed by atoms with E-state index in [1.165, 1.54) is 5.56 Å². The predicted octanol–water partition coefficient (Wildman–Crippen LogP) is 4.57. The van der Waals surface area contributed by atoms with Gasteiger partial charge in [0.25, 0.3) is 0 Å². The van der Waals surface area contributed by atoms with Crippen LogP contribution in [-0.2, 0) is 4.79 Å². The summed E-state index contributed by atoms with van der Waals surface area (Å²) >= 11 is 0. The molecule has 25 heavy (non-hydrogen) atoms. The second-order valence-corrected chi connectivity index (χ2v) is 6.01. The van der Waals surface area contributed by atoms with Gasteiger partial charge in [0.05, 0.1) is 13.4 Å². The van der Waals surface area contributed by atoms with Gasteiger partial charge < -0.3 is 14.5 Å². The smallest absolute Gasteiger partial charge is 0.244 e. The Kier molecular flexibility index (Phi) is 4.61. The van der Waals surface area contributed by atoms with Crippen molar-refractivity contribution in [3.05, 3.63) is 59.9 Å². The van der Waals surface area contributed by atoms with E-state index < -0.39 is 0 Å². The molecule has 0 aliphatic carbocycles. The van der Waals surface area contributed by atoms with Crippen LogP contribution >= 0.6 is 0 Å². The van der Waals surface area contributed by atoms with Crippen LogP contribution in [0.4, 0.5) is 0 Å². The van der Waals surface area contributed by atoms with Gasteiger partial charge >= 0.3 is 0 Å². The first kappa shape index (κ1) is 16.8. The van der Waals surface area contributed by atoms with E-state index in [0.29, 0.717) is 5.75 Å². The number of ether oxygens (including phenoxy) is 1. The fourth-order valence-electron chi connectivity index (χ4n) is 2.84. The van der Waals surface area contributed by atoms with Gasteiger partial charge in [-0.25, -0.2) is 0 Å². The lowest BCUT2D eigenvalue weighted by molar-refractivity contribution is -0.116. The molecule has 0 aliphatic rings. The van der Waals surface area contributed by atoms with Crippen LogP contribution in [0.15, 0.2) is 53.2 Å². The molecule has 0 aliphatic heterocycles. The van der Waals surface area contributed by atoms with E-state index in [1.807, 2.05) is 19.1 Å². The van der Waals surface area contributed by atoms with E-state index in [9.17, 15) is 4.79 Å². The lowest BCUT2D eigenvalue weighted by Crippen LogP contribution is -2.14. The Labute approximate surface area is 147 Å². The number of allylic oxidation sites excluding steroid dienone is 1. The molecule has 3 aromatic rings. The highest BCUT2D eigenvalue weighted by Crippen LogP contribution is 2.37. The van der Waals surface area contributed by atoms with Crippen molar-refractivity contribution in [1.82, 2.24) is 5.32 Å². The van der Waals surface area contributed by atoms with Gasteiger partial charge in [-0.3, -0.25) is 4.79 Å². The molecule has 4 heteroatoms. The maximum Gasteiger partial charge on any atom is 0.244 e. The van der Waals surface area contributed by atoms with Crippen LogP contribution < -0.4 is 10.1 Å². The van der Waals surface area contributed by atoms with Crippen LogP contribution in [0.2, 0.25) is 0 Å². The Morgan fingerprint density at radius 1 is 1.20 bits per heavy atom. The maximum atomic E-state index is 11.7. The summed E-state index contributed by atoms with van der Waals surface area (Å²) < 4.78 is 11.2. The molecule has 1 amide bonds. The van der Waals surface area contributed by atoms with Gasteiger partial charge in [0.1, 0.15) is 11.3 Å². The van der Waals surface area contributed by atoms with E-state index >= 15 is 0 Å². The number of aryl methyl sites for hydroxylation is 1. The van der Waals surface area contributed by atoms with Crippen LogP contribution in [0.25, 0.3) is 27.7 Å². The highest BCUT2D eigenvalue weighted by Gasteiger charge is 2.14. The van der Waals surface area contributed by atoms with Crippen molar-refractivity contribution in [2.24, 2.45) is 0 Å². The van der Waals surface area contributed by atoms with Crippen LogP contribution in [0.1, 0.15) is 18.1 Å². The third-order valence-electron chi connectivity index (χ3n) is 4.28. The summed E-state index contributed by atoms with van der Waals surface area (Å²) in [7, 11) is 3.22. The largest absolute Gasteiger partial charge is 0.496 e. The summed E-state index contributed by atoms with van der Waals surface area (Å²) in [4.78, 5) is 11.7. The minimum absolute atomic E-state index is 0.148. The first-order valence-electron chi connectivity index (χ1n) is 8.10. The normalized spacial score (nSPS) is 11.6. The molecule has 2 aromatic carbocycles. The monoisotopic (exact) mass is 335 g/mol. The molecule has 1 N–H and O–H groups in total. The molecule has 0 radical (unpaired) electrons. The quantitative estimate of drug-likeness (QED) is 0.711. The summed E-state index contributed by atoms with van der Waals surface area (Å²) in [5.41, 5.74) is 5.77. The minimum Gasteiger partial charge on any atom is -0.496 e. The van der Waals surface area contributed by atoms with Gasteiger partial charge in [0.2, 0.25) is 5.91 Å². The number of furan rings is 1. The Balaban J connectivity index is 2.17. The Bertz CT molecular complexity index is 949. The summed E-state index contributed by atoms with van der Waals surface area (Å²) in [6, 6.07) is 12.2. The Hall–Kier alpha value is -3.01. The van der Waals surface area contributed by atoms with E-state index in [1.54, 1.807) is 26.5 Å². The van der Waals surface area contributed by atoms with Crippen LogP contribution in [0.5, 0.6) is 5.75 Å². The summed E-state index contributed by atoms with van der Waals surface area (Å²) in [6.07, 6.45) is 3.33. The molecule has 0 fully saturated rings. The molecule has 0 unspecified atom stereocenters. The SMILES string of the molecule is CNC(=O)/C=C(\C)c1cc2c(-c3ccc(C)cc3)coc2cc1OC. The van der Waals surface area contributed by atoms with Crippen molar-refractivity contribution in [2.75, 3.05) is 14.2 Å². The predicted molar refractivity (Wildman–Crippen MR) is 101 cm³/mol. The second-order valence-electron chi connectivity index (χ2n) is 6.01. The third kappa shape index (κ3) is 3.29. The number of carbonyl (C=O) groups excluding carboxylic acids is 1. The van der Waals surface area contributed by atoms with Gasteiger partial charge in [-0.15, -0.1) is 0 Å². The number of nitrogens with one attached hydrogen (secondary N) is 1. The van der Waals surface area contributed by atoms with Crippen molar-refractivity contribution in [1.29, 1.82) is 0 Å². The van der Waals surface area contributed by atoms with Gasteiger partial charge in [0, 0.05) is 35.7 Å². The Morgan fingerprint density at radius 3 is 2.56 bits per heavy atom. The number of amides is 1. The van der Waals surface area contributed by atoms with Crippen LogP contribution in [0.3, 0.4) is 0 Å². The lowest BCUT2D eigenvalue weighted by atomic mass is 9.99. The first-order chi connectivity index (χ1) is 12.0. The zero-order chi connectivity index (χ0) is 18.0. The van der Waals surface area contributed by atoms with Gasteiger partial charge in [-0.2, -0.15) is 0 Å². The molecule has 0 bridgehead atoms. The van der Waals surface area contributed by atoms with E-state index in [-0.39, 0.29) is 5.91 Å². The molecule has 0 atom stereocenters. The minimum atomic E-state index is -0.148. The van der Waals surface area contributed by atoms with Gasteiger partial charge in [0.15, 0.2) is 0 Å². The second kappa shape index (κ2) is 6.85. The molecule has 0 spiro atoms. The van der Waals surface area contributed by atoms with Gasteiger partial charge in [-0.1, -0.05) is 29.8 Å². The lowest BCUT2D eigenvalue weighted by Gasteiger charge is -2.10. The topological polar surface area (TPSA) is 51.5 Å². The fourth-order valence-corrected chi connectivity index (χ4v) is 2.84. The van der Waals surface area contributed by atoms with Crippen molar-refractivity contribution in [3.63, 3.8) is 0 Å². The summed E-state index contributed by atoms with van der Waals surface area (Å²) in [5.74, 6) is 0.528. The molecule has 0 saturated heterocycles. The third-order valence-corrected chi connectivity index (χ3v) is 4.28. The molecule has 0 saturated carbocycles. The van der Waals surface area contributed by atoms with E-state index in [4.69, 9.17) is 9.15 Å².